The minimum Gasteiger partial charge on any atom is -0.493 e. The molecule has 0 radical (unpaired) electrons. The first kappa shape index (κ1) is 15.4. The summed E-state index contributed by atoms with van der Waals surface area (Å²) in [6.07, 6.45) is 4.80. The van der Waals surface area contributed by atoms with Crippen molar-refractivity contribution in [2.75, 3.05) is 6.61 Å². The van der Waals surface area contributed by atoms with Crippen LogP contribution in [-0.4, -0.2) is 6.61 Å². The minimum absolute atomic E-state index is 0.379. The number of rotatable bonds is 8. The maximum absolute atomic E-state index is 8.37. The molecule has 0 aliphatic heterocycles. The van der Waals surface area contributed by atoms with Gasteiger partial charge in [-0.25, -0.2) is 0 Å². The van der Waals surface area contributed by atoms with Crippen molar-refractivity contribution in [2.24, 2.45) is 5.11 Å². The Labute approximate surface area is 115 Å². The van der Waals surface area contributed by atoms with Gasteiger partial charge in [0.05, 0.1) is 13.2 Å². The van der Waals surface area contributed by atoms with Crippen LogP contribution in [0.1, 0.15) is 49.3 Å². The highest BCUT2D eigenvalue weighted by Gasteiger charge is 2.05. The largest absolute Gasteiger partial charge is 0.493 e. The van der Waals surface area contributed by atoms with Crippen molar-refractivity contribution >= 4 is 0 Å². The van der Waals surface area contributed by atoms with Crippen molar-refractivity contribution in [3.8, 4) is 5.75 Å². The summed E-state index contributed by atoms with van der Waals surface area (Å²) in [4.78, 5) is 2.79. The number of hydrogen-bond acceptors (Lipinski definition) is 2. The fourth-order valence-electron chi connectivity index (χ4n) is 1.96. The molecule has 0 heterocycles. The van der Waals surface area contributed by atoms with Gasteiger partial charge >= 0.3 is 0 Å². The Kier molecular flexibility index (Phi) is 6.83. The fourth-order valence-corrected chi connectivity index (χ4v) is 1.96. The van der Waals surface area contributed by atoms with E-state index in [1.807, 2.05) is 12.1 Å². The summed E-state index contributed by atoms with van der Waals surface area (Å²) >= 11 is 0. The Morgan fingerprint density at radius 3 is 2.68 bits per heavy atom. The fraction of sp³-hybridized carbons (Fsp3) is 0.600. The molecule has 1 aromatic rings. The lowest BCUT2D eigenvalue weighted by molar-refractivity contribution is 0.302. The van der Waals surface area contributed by atoms with Crippen molar-refractivity contribution in [1.29, 1.82) is 0 Å². The lowest BCUT2D eigenvalue weighted by Crippen LogP contribution is -2.01. The van der Waals surface area contributed by atoms with Crippen LogP contribution in [0.4, 0.5) is 0 Å². The zero-order chi connectivity index (χ0) is 14.1. The van der Waals surface area contributed by atoms with Gasteiger partial charge in [-0.2, -0.15) is 0 Å². The minimum atomic E-state index is 0.379. The molecule has 0 saturated carbocycles. The average molecular weight is 261 g/mol. The van der Waals surface area contributed by atoms with Crippen molar-refractivity contribution in [1.82, 2.24) is 0 Å². The zero-order valence-electron chi connectivity index (χ0n) is 12.1. The Hall–Kier alpha value is -1.67. The van der Waals surface area contributed by atoms with Crippen molar-refractivity contribution in [3.63, 3.8) is 0 Å². The van der Waals surface area contributed by atoms with E-state index in [4.69, 9.17) is 10.3 Å². The number of hydrogen-bond donors (Lipinski definition) is 0. The van der Waals surface area contributed by atoms with E-state index in [9.17, 15) is 0 Å². The normalized spacial score (nSPS) is 10.1. The van der Waals surface area contributed by atoms with Crippen LogP contribution < -0.4 is 4.74 Å². The molecule has 4 nitrogen and oxygen atoms in total. The van der Waals surface area contributed by atoms with Gasteiger partial charge in [0.25, 0.3) is 0 Å². The molecular formula is C15H23N3O. The number of aryl methyl sites for hydroxylation is 1. The van der Waals surface area contributed by atoms with Crippen LogP contribution in [0.25, 0.3) is 10.4 Å². The molecule has 0 atom stereocenters. The Morgan fingerprint density at radius 2 is 2.00 bits per heavy atom. The molecule has 0 bridgehead atoms. The van der Waals surface area contributed by atoms with Crippen molar-refractivity contribution in [2.45, 2.75) is 53.0 Å². The van der Waals surface area contributed by atoms with Gasteiger partial charge in [-0.3, -0.25) is 0 Å². The van der Waals surface area contributed by atoms with Crippen LogP contribution in [0.2, 0.25) is 0 Å². The van der Waals surface area contributed by atoms with E-state index >= 15 is 0 Å². The summed E-state index contributed by atoms with van der Waals surface area (Å²) in [5.41, 5.74) is 11.7. The predicted molar refractivity (Wildman–Crippen MR) is 78.4 cm³/mol. The third-order valence-electron chi connectivity index (χ3n) is 3.25. The van der Waals surface area contributed by atoms with Gasteiger partial charge in [-0.1, -0.05) is 37.4 Å². The standard InChI is InChI=1S/C15H23N3O/c1-4-5-6-7-8-19-15-10-14(11-17-18-16)9-12(2)13(15)3/h9-10H,4-8,11H2,1-3H3. The highest BCUT2D eigenvalue weighted by atomic mass is 16.5. The lowest BCUT2D eigenvalue weighted by atomic mass is 10.0. The van der Waals surface area contributed by atoms with Crippen molar-refractivity contribution < 1.29 is 4.74 Å². The highest BCUT2D eigenvalue weighted by molar-refractivity contribution is 5.42. The molecule has 19 heavy (non-hydrogen) atoms. The number of azide groups is 1. The quantitative estimate of drug-likeness (QED) is 0.279. The first-order valence-corrected chi connectivity index (χ1v) is 6.92. The molecule has 0 N–H and O–H groups in total. The van der Waals surface area contributed by atoms with E-state index < -0.39 is 0 Å². The van der Waals surface area contributed by atoms with E-state index in [-0.39, 0.29) is 0 Å². The predicted octanol–water partition coefficient (Wildman–Crippen LogP) is 5.07. The maximum atomic E-state index is 8.37. The summed E-state index contributed by atoms with van der Waals surface area (Å²) in [6, 6.07) is 4.03. The van der Waals surface area contributed by atoms with Crippen molar-refractivity contribution in [3.05, 3.63) is 39.3 Å². The van der Waals surface area contributed by atoms with Gasteiger partial charge < -0.3 is 4.74 Å². The topological polar surface area (TPSA) is 58.0 Å². The molecule has 0 aliphatic carbocycles. The van der Waals surface area contributed by atoms with Crippen LogP contribution in [-0.2, 0) is 6.54 Å². The number of ether oxygens (including phenoxy) is 1. The summed E-state index contributed by atoms with van der Waals surface area (Å²) in [5.74, 6) is 0.916. The molecule has 0 unspecified atom stereocenters. The molecule has 1 rings (SSSR count). The average Bonchev–Trinajstić information content (AvgIpc) is 2.41. The first-order valence-electron chi connectivity index (χ1n) is 6.92. The molecule has 0 fully saturated rings. The Bertz CT molecular complexity index is 451. The third kappa shape index (κ3) is 5.23. The second-order valence-corrected chi connectivity index (χ2v) is 4.83. The molecule has 0 saturated heterocycles. The Morgan fingerprint density at radius 1 is 1.21 bits per heavy atom. The molecule has 0 spiro atoms. The molecule has 104 valence electrons. The smallest absolute Gasteiger partial charge is 0.122 e. The molecule has 4 heteroatoms. The van der Waals surface area contributed by atoms with E-state index in [1.54, 1.807) is 0 Å². The zero-order valence-corrected chi connectivity index (χ0v) is 12.1. The Balaban J connectivity index is 2.64. The van der Waals surface area contributed by atoms with Gasteiger partial charge in [0.1, 0.15) is 5.75 Å². The van der Waals surface area contributed by atoms with Gasteiger partial charge in [-0.15, -0.1) is 0 Å². The van der Waals surface area contributed by atoms with Gasteiger partial charge in [0.2, 0.25) is 0 Å². The maximum Gasteiger partial charge on any atom is 0.122 e. The SMILES string of the molecule is CCCCCCOc1cc(CN=[N+]=[N-])cc(C)c1C. The summed E-state index contributed by atoms with van der Waals surface area (Å²) in [5, 5.41) is 3.60. The number of benzene rings is 1. The van der Waals surface area contributed by atoms with Gasteiger partial charge in [-0.05, 0) is 48.6 Å². The second-order valence-electron chi connectivity index (χ2n) is 4.83. The van der Waals surface area contributed by atoms with E-state index in [2.05, 4.69) is 30.8 Å². The number of unbranched alkanes of at least 4 members (excludes halogenated alkanes) is 3. The van der Waals surface area contributed by atoms with Crippen LogP contribution in [0.3, 0.4) is 0 Å². The van der Waals surface area contributed by atoms with E-state index in [0.717, 1.165) is 24.3 Å². The lowest BCUT2D eigenvalue weighted by Gasteiger charge is -2.13. The highest BCUT2D eigenvalue weighted by Crippen LogP contribution is 2.24. The molecule has 1 aromatic carbocycles. The van der Waals surface area contributed by atoms with Crippen LogP contribution in [0, 0.1) is 13.8 Å². The molecule has 0 amide bonds. The first-order chi connectivity index (χ1) is 9.19. The van der Waals surface area contributed by atoms with Crippen LogP contribution in [0.15, 0.2) is 17.2 Å². The van der Waals surface area contributed by atoms with Gasteiger partial charge in [0, 0.05) is 4.91 Å². The van der Waals surface area contributed by atoms with Gasteiger partial charge in [0.15, 0.2) is 0 Å². The summed E-state index contributed by atoms with van der Waals surface area (Å²) in [7, 11) is 0. The summed E-state index contributed by atoms with van der Waals surface area (Å²) in [6.45, 7) is 7.45. The molecule has 0 aliphatic rings. The van der Waals surface area contributed by atoms with E-state index in [0.29, 0.717) is 6.54 Å². The van der Waals surface area contributed by atoms with Crippen LogP contribution in [0.5, 0.6) is 5.75 Å². The molecular weight excluding hydrogens is 238 g/mol. The molecule has 0 aromatic heterocycles. The summed E-state index contributed by atoms with van der Waals surface area (Å²) < 4.78 is 5.85. The van der Waals surface area contributed by atoms with E-state index in [1.165, 1.54) is 30.4 Å². The number of nitrogens with zero attached hydrogens (tertiary/aromatic N) is 3. The second kappa shape index (κ2) is 8.44. The van der Waals surface area contributed by atoms with Crippen LogP contribution >= 0.6 is 0 Å². The third-order valence-corrected chi connectivity index (χ3v) is 3.25. The monoisotopic (exact) mass is 261 g/mol.